The molecular weight excluding hydrogens is 318 g/mol. The van der Waals surface area contributed by atoms with Crippen LogP contribution in [0.5, 0.6) is 0 Å². The monoisotopic (exact) mass is 343 g/mol. The van der Waals surface area contributed by atoms with Gasteiger partial charge >= 0.3 is 0 Å². The molecule has 2 unspecified atom stereocenters. The maximum Gasteiger partial charge on any atom is 0.123 e. The van der Waals surface area contributed by atoms with Crippen molar-refractivity contribution >= 4 is 17.0 Å². The maximum atomic E-state index is 10.1. The van der Waals surface area contributed by atoms with Crippen LogP contribution in [0.2, 0.25) is 0 Å². The van der Waals surface area contributed by atoms with E-state index in [0.717, 1.165) is 53.5 Å². The van der Waals surface area contributed by atoms with Gasteiger partial charge in [0, 0.05) is 30.4 Å². The number of nitrogens with zero attached hydrogens (tertiary/aromatic N) is 3. The molecule has 0 spiro atoms. The van der Waals surface area contributed by atoms with Crippen molar-refractivity contribution in [3.63, 3.8) is 0 Å². The van der Waals surface area contributed by atoms with Gasteiger partial charge in [0.15, 0.2) is 0 Å². The molecule has 1 aromatic carbocycles. The quantitative estimate of drug-likeness (QED) is 0.928. The summed E-state index contributed by atoms with van der Waals surface area (Å²) in [5, 5.41) is 11.2. The van der Waals surface area contributed by atoms with Crippen LogP contribution in [0, 0.1) is 0 Å². The zero-order chi connectivity index (χ0) is 16.7. The molecule has 2 heterocycles. The van der Waals surface area contributed by atoms with Crippen molar-refractivity contribution < 1.29 is 5.11 Å². The van der Waals surface area contributed by atoms with E-state index in [2.05, 4.69) is 48.2 Å². The molecule has 128 valence electrons. The summed E-state index contributed by atoms with van der Waals surface area (Å²) < 4.78 is 0. The van der Waals surface area contributed by atoms with Crippen LogP contribution in [-0.2, 0) is 6.42 Å². The number of hydrogen-bond acceptors (Lipinski definition) is 5. The van der Waals surface area contributed by atoms with Gasteiger partial charge in [-0.25, -0.2) is 4.98 Å². The number of aromatic nitrogens is 1. The number of aliphatic hydroxyl groups excluding tert-OH is 1. The van der Waals surface area contributed by atoms with E-state index >= 15 is 0 Å². The summed E-state index contributed by atoms with van der Waals surface area (Å²) in [5.74, 6) is 0. The smallest absolute Gasteiger partial charge is 0.123 e. The molecule has 2 aromatic rings. The van der Waals surface area contributed by atoms with Crippen LogP contribution < -0.4 is 4.90 Å². The summed E-state index contributed by atoms with van der Waals surface area (Å²) in [6.45, 7) is 2.23. The van der Waals surface area contributed by atoms with Crippen molar-refractivity contribution in [3.8, 4) is 10.6 Å². The van der Waals surface area contributed by atoms with Gasteiger partial charge in [-0.3, -0.25) is 0 Å². The maximum absolute atomic E-state index is 10.1. The minimum atomic E-state index is -0.313. The normalized spacial score (nSPS) is 23.8. The fourth-order valence-electron chi connectivity index (χ4n) is 3.73. The van der Waals surface area contributed by atoms with E-state index in [-0.39, 0.29) is 6.10 Å². The van der Waals surface area contributed by atoms with Gasteiger partial charge in [0.25, 0.3) is 0 Å². The number of fused-ring (bicyclic) bond motifs is 1. The van der Waals surface area contributed by atoms with Gasteiger partial charge < -0.3 is 14.9 Å². The summed E-state index contributed by atoms with van der Waals surface area (Å²) in [7, 11) is 4.33. The zero-order valence-corrected chi connectivity index (χ0v) is 15.2. The number of thiazole rings is 1. The molecule has 1 N–H and O–H groups in total. The van der Waals surface area contributed by atoms with Crippen molar-refractivity contribution in [3.05, 3.63) is 34.8 Å². The minimum Gasteiger partial charge on any atom is -0.388 e. The van der Waals surface area contributed by atoms with Gasteiger partial charge in [-0.05, 0) is 64.0 Å². The zero-order valence-electron chi connectivity index (χ0n) is 14.4. The highest BCUT2D eigenvalue weighted by atomic mass is 32.1. The number of hydrogen-bond donors (Lipinski definition) is 1. The SMILES string of the molecule is CN(C)C1CCN(c2ccc(-c3nc4c(s3)C(O)CCC4)cc2)C1. The fourth-order valence-corrected chi connectivity index (χ4v) is 4.87. The van der Waals surface area contributed by atoms with Crippen molar-refractivity contribution in [1.29, 1.82) is 0 Å². The van der Waals surface area contributed by atoms with E-state index in [0.29, 0.717) is 6.04 Å². The van der Waals surface area contributed by atoms with Gasteiger partial charge in [0.05, 0.1) is 16.7 Å². The van der Waals surface area contributed by atoms with E-state index in [1.807, 2.05) is 0 Å². The number of anilines is 1. The summed E-state index contributed by atoms with van der Waals surface area (Å²) in [6.07, 6.45) is 3.83. The van der Waals surface area contributed by atoms with Crippen LogP contribution >= 0.6 is 11.3 Å². The Morgan fingerprint density at radius 1 is 1.21 bits per heavy atom. The molecule has 1 fully saturated rings. The van der Waals surface area contributed by atoms with Crippen molar-refractivity contribution in [1.82, 2.24) is 9.88 Å². The predicted molar refractivity (Wildman–Crippen MR) is 99.8 cm³/mol. The molecule has 0 bridgehead atoms. The molecule has 2 aliphatic rings. The van der Waals surface area contributed by atoms with Crippen molar-refractivity contribution in [2.45, 2.75) is 37.8 Å². The highest BCUT2D eigenvalue weighted by Crippen LogP contribution is 2.38. The van der Waals surface area contributed by atoms with Gasteiger partial charge in [-0.15, -0.1) is 11.3 Å². The molecule has 1 saturated heterocycles. The van der Waals surface area contributed by atoms with Gasteiger partial charge in [0.1, 0.15) is 5.01 Å². The van der Waals surface area contributed by atoms with E-state index in [4.69, 9.17) is 4.98 Å². The van der Waals surface area contributed by atoms with Gasteiger partial charge in [-0.2, -0.15) is 0 Å². The van der Waals surface area contributed by atoms with Crippen LogP contribution in [0.15, 0.2) is 24.3 Å². The Balaban J connectivity index is 1.52. The van der Waals surface area contributed by atoms with Gasteiger partial charge in [-0.1, -0.05) is 0 Å². The second-order valence-electron chi connectivity index (χ2n) is 7.14. The Labute approximate surface area is 147 Å². The molecule has 4 nitrogen and oxygen atoms in total. The third kappa shape index (κ3) is 2.96. The Morgan fingerprint density at radius 2 is 2.00 bits per heavy atom. The molecule has 2 atom stereocenters. The Morgan fingerprint density at radius 3 is 2.67 bits per heavy atom. The number of aryl methyl sites for hydroxylation is 1. The van der Waals surface area contributed by atoms with E-state index in [1.165, 1.54) is 12.1 Å². The highest BCUT2D eigenvalue weighted by Gasteiger charge is 2.25. The number of benzene rings is 1. The first-order valence-corrected chi connectivity index (χ1v) is 9.63. The largest absolute Gasteiger partial charge is 0.388 e. The number of likely N-dealkylation sites (N-methyl/N-ethyl adjacent to an activating group) is 1. The average Bonchev–Trinajstić information content (AvgIpc) is 3.23. The second kappa shape index (κ2) is 6.47. The predicted octanol–water partition coefficient (Wildman–Crippen LogP) is 3.32. The molecule has 1 aromatic heterocycles. The molecule has 1 aliphatic heterocycles. The fraction of sp³-hybridized carbons (Fsp3) is 0.526. The summed E-state index contributed by atoms with van der Waals surface area (Å²) in [5.41, 5.74) is 3.56. The summed E-state index contributed by atoms with van der Waals surface area (Å²) >= 11 is 1.66. The third-order valence-electron chi connectivity index (χ3n) is 5.29. The summed E-state index contributed by atoms with van der Waals surface area (Å²) in [4.78, 5) is 10.6. The number of aliphatic hydroxyl groups is 1. The molecular formula is C19H25N3OS. The molecule has 0 amide bonds. The van der Waals surface area contributed by atoms with Gasteiger partial charge in [0.2, 0.25) is 0 Å². The standard InChI is InChI=1S/C19H25N3OS/c1-21(2)15-10-11-22(12-15)14-8-6-13(7-9-14)19-20-16-4-3-5-17(23)18(16)24-19/h6-9,15,17,23H,3-5,10-12H2,1-2H3. The molecule has 5 heteroatoms. The van der Waals surface area contributed by atoms with E-state index in [1.54, 1.807) is 11.3 Å². The lowest BCUT2D eigenvalue weighted by molar-refractivity contribution is 0.160. The molecule has 0 radical (unpaired) electrons. The van der Waals surface area contributed by atoms with Crippen LogP contribution in [0.3, 0.4) is 0 Å². The molecule has 0 saturated carbocycles. The van der Waals surface area contributed by atoms with Crippen molar-refractivity contribution in [2.75, 3.05) is 32.1 Å². The van der Waals surface area contributed by atoms with Crippen LogP contribution in [0.4, 0.5) is 5.69 Å². The van der Waals surface area contributed by atoms with E-state index in [9.17, 15) is 5.11 Å². The van der Waals surface area contributed by atoms with Crippen molar-refractivity contribution in [2.24, 2.45) is 0 Å². The first-order chi connectivity index (χ1) is 11.6. The lowest BCUT2D eigenvalue weighted by Crippen LogP contribution is -2.31. The Hall–Kier alpha value is -1.43. The topological polar surface area (TPSA) is 39.6 Å². The number of rotatable bonds is 3. The lowest BCUT2D eigenvalue weighted by atomic mass is 10.0. The first kappa shape index (κ1) is 16.1. The molecule has 24 heavy (non-hydrogen) atoms. The Kier molecular flexibility index (Phi) is 4.33. The Bertz CT molecular complexity index is 710. The second-order valence-corrected chi connectivity index (χ2v) is 8.17. The summed E-state index contributed by atoms with van der Waals surface area (Å²) in [6, 6.07) is 9.43. The van der Waals surface area contributed by atoms with Crippen LogP contribution in [-0.4, -0.2) is 48.2 Å². The third-order valence-corrected chi connectivity index (χ3v) is 6.54. The molecule has 1 aliphatic carbocycles. The van der Waals surface area contributed by atoms with Crippen LogP contribution in [0.25, 0.3) is 10.6 Å². The molecule has 4 rings (SSSR count). The average molecular weight is 343 g/mol. The first-order valence-electron chi connectivity index (χ1n) is 8.81. The van der Waals surface area contributed by atoms with E-state index < -0.39 is 0 Å². The highest BCUT2D eigenvalue weighted by molar-refractivity contribution is 7.15. The minimum absolute atomic E-state index is 0.313. The lowest BCUT2D eigenvalue weighted by Gasteiger charge is -2.21. The van der Waals surface area contributed by atoms with Crippen LogP contribution in [0.1, 0.15) is 35.9 Å².